The Morgan fingerprint density at radius 3 is 2.00 bits per heavy atom. The molecule has 1 aromatic carbocycles. The molecule has 2 N–H and O–H groups in total. The third kappa shape index (κ3) is 6.56. The van der Waals surface area contributed by atoms with Crippen molar-refractivity contribution in [1.29, 1.82) is 0 Å². The molecular formula is C9H10FN. The van der Waals surface area contributed by atoms with Gasteiger partial charge in [0.05, 0.1) is 6.54 Å². The fourth-order valence-corrected chi connectivity index (χ4v) is 0.415. The van der Waals surface area contributed by atoms with Crippen LogP contribution in [0.2, 0.25) is 0 Å². The number of terminal acetylenes is 1. The van der Waals surface area contributed by atoms with Crippen molar-refractivity contribution in [3.63, 3.8) is 0 Å². The molecule has 0 aliphatic carbocycles. The highest BCUT2D eigenvalue weighted by Crippen LogP contribution is 1.91. The number of rotatable bonds is 0. The summed E-state index contributed by atoms with van der Waals surface area (Å²) in [6.45, 7) is 0.347. The SMILES string of the molecule is C#CCN.Fc1ccccc1. The van der Waals surface area contributed by atoms with E-state index in [4.69, 9.17) is 5.73 Å². The van der Waals surface area contributed by atoms with Gasteiger partial charge in [0, 0.05) is 0 Å². The van der Waals surface area contributed by atoms with Crippen LogP contribution in [0.15, 0.2) is 30.3 Å². The first-order valence-electron chi connectivity index (χ1n) is 3.15. The molecule has 0 aliphatic heterocycles. The molecule has 0 bridgehead atoms. The lowest BCUT2D eigenvalue weighted by molar-refractivity contribution is 0.628. The summed E-state index contributed by atoms with van der Waals surface area (Å²) in [5.41, 5.74) is 4.79. The van der Waals surface area contributed by atoms with E-state index in [1.54, 1.807) is 18.2 Å². The Kier molecular flexibility index (Phi) is 5.96. The second-order valence-electron chi connectivity index (χ2n) is 1.70. The molecule has 0 spiro atoms. The first-order valence-corrected chi connectivity index (χ1v) is 3.15. The summed E-state index contributed by atoms with van der Waals surface area (Å²) >= 11 is 0. The van der Waals surface area contributed by atoms with Crippen LogP contribution >= 0.6 is 0 Å². The largest absolute Gasteiger partial charge is 0.320 e. The molecule has 0 heterocycles. The van der Waals surface area contributed by atoms with Crippen LogP contribution in [-0.4, -0.2) is 6.54 Å². The lowest BCUT2D eigenvalue weighted by atomic mass is 10.4. The zero-order valence-corrected chi connectivity index (χ0v) is 6.13. The third-order valence-corrected chi connectivity index (χ3v) is 0.851. The van der Waals surface area contributed by atoms with Gasteiger partial charge >= 0.3 is 0 Å². The monoisotopic (exact) mass is 151 g/mol. The second-order valence-corrected chi connectivity index (χ2v) is 1.70. The molecule has 1 rings (SSSR count). The fraction of sp³-hybridized carbons (Fsp3) is 0.111. The van der Waals surface area contributed by atoms with Gasteiger partial charge in [0.2, 0.25) is 0 Å². The minimum absolute atomic E-state index is 0.178. The highest BCUT2D eigenvalue weighted by Gasteiger charge is 1.77. The van der Waals surface area contributed by atoms with E-state index < -0.39 is 0 Å². The van der Waals surface area contributed by atoms with Crippen LogP contribution in [0, 0.1) is 18.2 Å². The Morgan fingerprint density at radius 1 is 1.36 bits per heavy atom. The Balaban J connectivity index is 0.000000218. The molecule has 1 nitrogen and oxygen atoms in total. The Bertz CT molecular complexity index is 213. The predicted octanol–water partition coefficient (Wildman–Crippen LogP) is 1.40. The number of hydrogen-bond donors (Lipinski definition) is 1. The van der Waals surface area contributed by atoms with Crippen LogP contribution in [0.5, 0.6) is 0 Å². The van der Waals surface area contributed by atoms with Gasteiger partial charge in [0.25, 0.3) is 0 Å². The molecule has 0 aliphatic rings. The molecule has 0 aromatic heterocycles. The number of hydrogen-bond acceptors (Lipinski definition) is 1. The van der Waals surface area contributed by atoms with Crippen molar-refractivity contribution in [2.24, 2.45) is 5.73 Å². The van der Waals surface area contributed by atoms with Crippen LogP contribution in [0.4, 0.5) is 4.39 Å². The van der Waals surface area contributed by atoms with Crippen molar-refractivity contribution < 1.29 is 4.39 Å². The smallest absolute Gasteiger partial charge is 0.123 e. The van der Waals surface area contributed by atoms with Gasteiger partial charge in [-0.15, -0.1) is 6.42 Å². The highest BCUT2D eigenvalue weighted by atomic mass is 19.1. The molecule has 1 aromatic rings. The Hall–Kier alpha value is -1.33. The lowest BCUT2D eigenvalue weighted by Gasteiger charge is -1.78. The third-order valence-electron chi connectivity index (χ3n) is 0.851. The summed E-state index contributed by atoms with van der Waals surface area (Å²) in [6.07, 6.45) is 4.65. The lowest BCUT2D eigenvalue weighted by Crippen LogP contribution is -1.91. The van der Waals surface area contributed by atoms with Crippen LogP contribution in [0.3, 0.4) is 0 Å². The average molecular weight is 151 g/mol. The summed E-state index contributed by atoms with van der Waals surface area (Å²) < 4.78 is 11.9. The molecule has 2 heteroatoms. The molecule has 0 saturated carbocycles. The van der Waals surface area contributed by atoms with E-state index in [0.29, 0.717) is 6.54 Å². The summed E-state index contributed by atoms with van der Waals surface area (Å²) in [5.74, 6) is 2.03. The number of halogens is 1. The van der Waals surface area contributed by atoms with E-state index in [1.807, 2.05) is 0 Å². The number of nitrogens with two attached hydrogens (primary N) is 1. The van der Waals surface area contributed by atoms with Crippen molar-refractivity contribution in [2.75, 3.05) is 6.54 Å². The van der Waals surface area contributed by atoms with Gasteiger partial charge in [-0.25, -0.2) is 4.39 Å². The summed E-state index contributed by atoms with van der Waals surface area (Å²) in [5, 5.41) is 0. The molecular weight excluding hydrogens is 141 g/mol. The van der Waals surface area contributed by atoms with Gasteiger partial charge in [-0.1, -0.05) is 24.1 Å². The predicted molar refractivity (Wildman–Crippen MR) is 44.3 cm³/mol. The molecule has 0 radical (unpaired) electrons. The van der Waals surface area contributed by atoms with Gasteiger partial charge in [-0.05, 0) is 12.1 Å². The van der Waals surface area contributed by atoms with Crippen molar-refractivity contribution in [3.8, 4) is 12.3 Å². The van der Waals surface area contributed by atoms with Crippen molar-refractivity contribution >= 4 is 0 Å². The van der Waals surface area contributed by atoms with E-state index in [1.165, 1.54) is 12.1 Å². The first-order chi connectivity index (χ1) is 5.31. The van der Waals surface area contributed by atoms with Gasteiger partial charge in [-0.3, -0.25) is 0 Å². The summed E-state index contributed by atoms with van der Waals surface area (Å²) in [4.78, 5) is 0. The van der Waals surface area contributed by atoms with E-state index >= 15 is 0 Å². The average Bonchev–Trinajstić information content (AvgIpc) is 2.07. The Morgan fingerprint density at radius 2 is 1.82 bits per heavy atom. The zero-order chi connectivity index (χ0) is 8.53. The number of benzene rings is 1. The van der Waals surface area contributed by atoms with Crippen LogP contribution in [-0.2, 0) is 0 Å². The summed E-state index contributed by atoms with van der Waals surface area (Å²) in [6, 6.07) is 7.94. The van der Waals surface area contributed by atoms with Crippen molar-refractivity contribution in [3.05, 3.63) is 36.1 Å². The van der Waals surface area contributed by atoms with Gasteiger partial charge in [0.15, 0.2) is 0 Å². The quantitative estimate of drug-likeness (QED) is 0.557. The van der Waals surface area contributed by atoms with Crippen LogP contribution in [0.25, 0.3) is 0 Å². The van der Waals surface area contributed by atoms with Gasteiger partial charge in [-0.2, -0.15) is 0 Å². The maximum Gasteiger partial charge on any atom is 0.123 e. The van der Waals surface area contributed by atoms with Crippen molar-refractivity contribution in [2.45, 2.75) is 0 Å². The molecule has 0 fully saturated rings. The molecule has 11 heavy (non-hydrogen) atoms. The maximum atomic E-state index is 11.9. The standard InChI is InChI=1S/C6H5F.C3H5N/c7-6-4-2-1-3-5-6;1-2-3-4/h1-5H;1H,3-4H2. The maximum absolute atomic E-state index is 11.9. The van der Waals surface area contributed by atoms with E-state index in [0.717, 1.165) is 0 Å². The van der Waals surface area contributed by atoms with E-state index in [-0.39, 0.29) is 5.82 Å². The minimum atomic E-state index is -0.178. The zero-order valence-electron chi connectivity index (χ0n) is 6.13. The van der Waals surface area contributed by atoms with Crippen LogP contribution in [0.1, 0.15) is 0 Å². The van der Waals surface area contributed by atoms with Gasteiger partial charge in [0.1, 0.15) is 5.82 Å². The van der Waals surface area contributed by atoms with E-state index in [9.17, 15) is 4.39 Å². The minimum Gasteiger partial charge on any atom is -0.320 e. The van der Waals surface area contributed by atoms with Gasteiger partial charge < -0.3 is 5.73 Å². The molecule has 0 atom stereocenters. The summed E-state index contributed by atoms with van der Waals surface area (Å²) in [7, 11) is 0. The molecule has 0 unspecified atom stereocenters. The highest BCUT2D eigenvalue weighted by molar-refractivity contribution is 5.02. The Labute approximate surface area is 66.0 Å². The van der Waals surface area contributed by atoms with Crippen molar-refractivity contribution in [1.82, 2.24) is 0 Å². The molecule has 58 valence electrons. The van der Waals surface area contributed by atoms with Crippen LogP contribution < -0.4 is 5.73 Å². The molecule has 0 saturated heterocycles. The van der Waals surface area contributed by atoms with E-state index in [2.05, 4.69) is 12.3 Å². The molecule has 0 amide bonds. The first kappa shape index (κ1) is 9.67. The normalized spacial score (nSPS) is 7.36. The fourth-order valence-electron chi connectivity index (χ4n) is 0.415. The topological polar surface area (TPSA) is 26.0 Å². The second kappa shape index (κ2) is 6.79.